The quantitative estimate of drug-likeness (QED) is 0.398. The van der Waals surface area contributed by atoms with Crippen molar-refractivity contribution < 1.29 is 24.5 Å². The van der Waals surface area contributed by atoms with E-state index < -0.39 is 35.6 Å². The first-order valence-corrected chi connectivity index (χ1v) is 13.7. The number of thiazole rings is 1. The number of aliphatic hydroxyl groups excluding tert-OH is 2. The largest absolute Gasteiger partial charge is 0.457 e. The smallest absolute Gasteiger partial charge is 0.309 e. The van der Waals surface area contributed by atoms with Crippen molar-refractivity contribution in [2.24, 2.45) is 17.3 Å². The maximum Gasteiger partial charge on any atom is 0.309 e. The second-order valence-corrected chi connectivity index (χ2v) is 11.6. The second-order valence-electron chi connectivity index (χ2n) is 10.6. The number of cyclic esters (lactones) is 1. The van der Waals surface area contributed by atoms with Crippen LogP contribution in [0.2, 0.25) is 0 Å². The summed E-state index contributed by atoms with van der Waals surface area (Å²) in [4.78, 5) is 30.5. The van der Waals surface area contributed by atoms with Crippen LogP contribution in [-0.4, -0.2) is 45.3 Å². The van der Waals surface area contributed by atoms with Gasteiger partial charge >= 0.3 is 5.97 Å². The predicted molar refractivity (Wildman–Crippen MR) is 141 cm³/mol. The first-order chi connectivity index (χ1) is 16.4. The van der Waals surface area contributed by atoms with Gasteiger partial charge in [0.05, 0.1) is 34.7 Å². The van der Waals surface area contributed by atoms with Gasteiger partial charge in [-0.15, -0.1) is 11.3 Å². The maximum atomic E-state index is 13.2. The molecule has 1 aliphatic heterocycles. The van der Waals surface area contributed by atoms with E-state index in [1.54, 1.807) is 32.1 Å². The minimum Gasteiger partial charge on any atom is -0.457 e. The Morgan fingerprint density at radius 1 is 1.17 bits per heavy atom. The van der Waals surface area contributed by atoms with Crippen LogP contribution in [0.3, 0.4) is 0 Å². The van der Waals surface area contributed by atoms with Crippen molar-refractivity contribution in [2.75, 3.05) is 0 Å². The molecule has 1 aromatic heterocycles. The Labute approximate surface area is 214 Å². The van der Waals surface area contributed by atoms with Crippen molar-refractivity contribution >= 4 is 29.2 Å². The van der Waals surface area contributed by atoms with Crippen LogP contribution >= 0.6 is 11.3 Å². The highest BCUT2D eigenvalue weighted by Gasteiger charge is 2.42. The summed E-state index contributed by atoms with van der Waals surface area (Å²) in [6.07, 6.45) is 8.74. The number of ether oxygens (including phenoxy) is 1. The van der Waals surface area contributed by atoms with E-state index in [1.807, 2.05) is 38.3 Å². The fourth-order valence-corrected chi connectivity index (χ4v) is 5.10. The van der Waals surface area contributed by atoms with Gasteiger partial charge in [-0.25, -0.2) is 4.98 Å². The number of carbonyl (C=O) groups is 2. The van der Waals surface area contributed by atoms with E-state index in [1.165, 1.54) is 0 Å². The molecule has 0 aromatic carbocycles. The van der Waals surface area contributed by atoms with Crippen LogP contribution in [0.15, 0.2) is 23.1 Å². The predicted octanol–water partition coefficient (Wildman–Crippen LogP) is 5.66. The number of hydrogen-bond donors (Lipinski definition) is 2. The van der Waals surface area contributed by atoms with Crippen LogP contribution in [0.25, 0.3) is 6.08 Å². The molecule has 2 N–H and O–H groups in total. The molecule has 35 heavy (non-hydrogen) atoms. The van der Waals surface area contributed by atoms with Crippen LogP contribution in [-0.2, 0) is 14.3 Å². The van der Waals surface area contributed by atoms with Crippen molar-refractivity contribution in [3.05, 3.63) is 33.8 Å². The van der Waals surface area contributed by atoms with Gasteiger partial charge in [-0.3, -0.25) is 9.59 Å². The summed E-state index contributed by atoms with van der Waals surface area (Å²) in [5.74, 6) is -1.44. The Balaban J connectivity index is 2.25. The van der Waals surface area contributed by atoms with E-state index in [4.69, 9.17) is 4.74 Å². The molecule has 0 unspecified atom stereocenters. The lowest BCUT2D eigenvalue weighted by Crippen LogP contribution is -2.45. The summed E-state index contributed by atoms with van der Waals surface area (Å²) in [5.41, 5.74) is 0.513. The Hall–Kier alpha value is -1.83. The van der Waals surface area contributed by atoms with E-state index in [2.05, 4.69) is 11.1 Å². The van der Waals surface area contributed by atoms with E-state index >= 15 is 0 Å². The highest BCUT2D eigenvalue weighted by atomic mass is 32.1. The molecule has 2 rings (SSSR count). The number of esters is 1. The number of rotatable bonds is 2. The standard InChI is InChI=1S/C28H43NO5S/c1-18-13-11-9-7-8-10-12-14-23(19(2)15-22-17-35-21(4)29-22)34-25(31)16-24(30)28(5,6)27(33)20(3)26(18)32/h10,12,15,17-18,20,23-24,26,30,32H,7-9,11,13-14,16H2,1-6H3/b12-10-,19-15+/t18-,20+,23-,24-,26+/m0/s1. The van der Waals surface area contributed by atoms with Crippen molar-refractivity contribution in [1.29, 1.82) is 0 Å². The molecule has 5 atom stereocenters. The SMILES string of the molecule is C/C(=C\c1csc(C)n1)[C@@H]1C/C=C\CCCCC[C@H](C)[C@@H](O)[C@@H](C)C(=O)C(C)(C)[C@@H](O)CC(=O)O1. The van der Waals surface area contributed by atoms with Gasteiger partial charge in [-0.1, -0.05) is 52.7 Å². The first-order valence-electron chi connectivity index (χ1n) is 12.8. The third-order valence-electron chi connectivity index (χ3n) is 7.18. The highest BCUT2D eigenvalue weighted by Crippen LogP contribution is 2.32. The zero-order chi connectivity index (χ0) is 26.2. The van der Waals surface area contributed by atoms with E-state index in [-0.39, 0.29) is 18.1 Å². The Bertz CT molecular complexity index is 903. The fraction of sp³-hybridized carbons (Fsp3) is 0.679. The molecule has 0 aliphatic carbocycles. The Kier molecular flexibility index (Phi) is 11.3. The summed E-state index contributed by atoms with van der Waals surface area (Å²) in [6, 6.07) is 0. The summed E-state index contributed by atoms with van der Waals surface area (Å²) >= 11 is 1.56. The van der Waals surface area contributed by atoms with Gasteiger partial charge in [0.1, 0.15) is 11.9 Å². The topological polar surface area (TPSA) is 96.7 Å². The monoisotopic (exact) mass is 505 g/mol. The van der Waals surface area contributed by atoms with Crippen LogP contribution in [0.1, 0.15) is 90.3 Å². The van der Waals surface area contributed by atoms with E-state index in [9.17, 15) is 19.8 Å². The zero-order valence-corrected chi connectivity index (χ0v) is 22.9. The number of aromatic nitrogens is 1. The fourth-order valence-electron chi connectivity index (χ4n) is 4.53. The summed E-state index contributed by atoms with van der Waals surface area (Å²) in [7, 11) is 0. The van der Waals surface area contributed by atoms with Crippen LogP contribution < -0.4 is 0 Å². The maximum absolute atomic E-state index is 13.2. The molecule has 1 aliphatic rings. The molecule has 0 bridgehead atoms. The van der Waals surface area contributed by atoms with Gasteiger partial charge in [0.25, 0.3) is 0 Å². The number of hydrogen-bond acceptors (Lipinski definition) is 7. The van der Waals surface area contributed by atoms with Gasteiger partial charge < -0.3 is 14.9 Å². The summed E-state index contributed by atoms with van der Waals surface area (Å²) < 4.78 is 5.80. The zero-order valence-electron chi connectivity index (χ0n) is 22.1. The molecule has 0 saturated heterocycles. The lowest BCUT2D eigenvalue weighted by Gasteiger charge is -2.34. The number of aliphatic hydroxyl groups is 2. The third-order valence-corrected chi connectivity index (χ3v) is 7.97. The minimum atomic E-state index is -1.21. The van der Waals surface area contributed by atoms with Crippen LogP contribution in [0, 0.1) is 24.2 Å². The van der Waals surface area contributed by atoms with Gasteiger partial charge in [-0.2, -0.15) is 0 Å². The lowest BCUT2D eigenvalue weighted by molar-refractivity contribution is -0.154. The number of allylic oxidation sites excluding steroid dienone is 1. The number of nitrogens with zero attached hydrogens (tertiary/aromatic N) is 1. The molecule has 0 fully saturated rings. The van der Waals surface area contributed by atoms with Crippen molar-refractivity contribution in [3.8, 4) is 0 Å². The summed E-state index contributed by atoms with van der Waals surface area (Å²) in [6.45, 7) is 10.8. The molecule has 0 radical (unpaired) electrons. The van der Waals surface area contributed by atoms with E-state index in [0.29, 0.717) is 6.42 Å². The van der Waals surface area contributed by atoms with Crippen molar-refractivity contribution in [3.63, 3.8) is 0 Å². The van der Waals surface area contributed by atoms with Crippen LogP contribution in [0.5, 0.6) is 0 Å². The lowest BCUT2D eigenvalue weighted by atomic mass is 9.73. The normalized spacial score (nSPS) is 31.3. The molecule has 0 spiro atoms. The van der Waals surface area contributed by atoms with Crippen molar-refractivity contribution in [1.82, 2.24) is 4.98 Å². The molecule has 1 aromatic rings. The van der Waals surface area contributed by atoms with Crippen LogP contribution in [0.4, 0.5) is 0 Å². The molecular weight excluding hydrogens is 462 g/mol. The van der Waals surface area contributed by atoms with Gasteiger partial charge in [-0.05, 0) is 50.7 Å². The molecule has 196 valence electrons. The molecule has 6 nitrogen and oxygen atoms in total. The third kappa shape index (κ3) is 8.65. The average molecular weight is 506 g/mol. The number of aryl methyl sites for hydroxylation is 1. The van der Waals surface area contributed by atoms with Crippen molar-refractivity contribution in [2.45, 2.75) is 105 Å². The van der Waals surface area contributed by atoms with E-state index in [0.717, 1.165) is 48.4 Å². The molecular formula is C28H43NO5S. The Morgan fingerprint density at radius 3 is 2.54 bits per heavy atom. The molecule has 0 saturated carbocycles. The molecule has 0 amide bonds. The molecule has 2 heterocycles. The first kappa shape index (κ1) is 29.4. The number of ketones is 1. The number of Topliss-reactive ketones (excluding diaryl/α,β-unsaturated/α-hetero) is 1. The van der Waals surface area contributed by atoms with Gasteiger partial charge in [0, 0.05) is 17.7 Å². The highest BCUT2D eigenvalue weighted by molar-refractivity contribution is 7.09. The number of carbonyl (C=O) groups excluding carboxylic acids is 2. The van der Waals surface area contributed by atoms with Gasteiger partial charge in [0.2, 0.25) is 0 Å². The van der Waals surface area contributed by atoms with Gasteiger partial charge in [0.15, 0.2) is 0 Å². The summed E-state index contributed by atoms with van der Waals surface area (Å²) in [5, 5.41) is 24.6. The molecule has 7 heteroatoms. The second kappa shape index (κ2) is 13.5. The average Bonchev–Trinajstić information content (AvgIpc) is 3.21. The Morgan fingerprint density at radius 2 is 1.89 bits per heavy atom. The minimum absolute atomic E-state index is 0.0155.